The molecule has 0 bridgehead atoms. The van der Waals surface area contributed by atoms with E-state index in [1.54, 1.807) is 6.07 Å². The lowest BCUT2D eigenvalue weighted by Gasteiger charge is -2.34. The lowest BCUT2D eigenvalue weighted by molar-refractivity contribution is -0.159. The molecule has 1 fully saturated rings. The van der Waals surface area contributed by atoms with Gasteiger partial charge < -0.3 is 10.2 Å². The molecule has 1 aliphatic rings. The standard InChI is InChI=1S/C18H20F2N2.C2H2O4/c19-17-7-6-16(12-18(17)20)14-22-10-8-21(9-11-22)13-15-4-2-1-3-5-15;3-1(4)2(5)6/h1-7,12H,8-11,13-14H2;(H,3,4)(H,5,6). The summed E-state index contributed by atoms with van der Waals surface area (Å²) in [7, 11) is 0. The lowest BCUT2D eigenvalue weighted by Crippen LogP contribution is -2.45. The summed E-state index contributed by atoms with van der Waals surface area (Å²) in [6, 6.07) is 14.6. The molecule has 0 radical (unpaired) electrons. The molecular weight excluding hydrogens is 370 g/mol. The van der Waals surface area contributed by atoms with E-state index in [0.717, 1.165) is 38.3 Å². The molecule has 1 saturated heterocycles. The summed E-state index contributed by atoms with van der Waals surface area (Å²) >= 11 is 0. The van der Waals surface area contributed by atoms with Crippen molar-refractivity contribution in [3.63, 3.8) is 0 Å². The Morgan fingerprint density at radius 1 is 0.750 bits per heavy atom. The molecule has 0 amide bonds. The normalized spacial score (nSPS) is 14.8. The fourth-order valence-corrected chi connectivity index (χ4v) is 2.84. The third-order valence-corrected chi connectivity index (χ3v) is 4.29. The predicted molar refractivity (Wildman–Crippen MR) is 98.6 cm³/mol. The van der Waals surface area contributed by atoms with Crippen LogP contribution in [-0.4, -0.2) is 58.1 Å². The number of carbonyl (C=O) groups is 2. The van der Waals surface area contributed by atoms with Gasteiger partial charge in [0.05, 0.1) is 0 Å². The van der Waals surface area contributed by atoms with E-state index in [1.165, 1.54) is 17.7 Å². The average molecular weight is 392 g/mol. The smallest absolute Gasteiger partial charge is 0.414 e. The maximum atomic E-state index is 13.2. The molecule has 2 aromatic rings. The van der Waals surface area contributed by atoms with Crippen LogP contribution in [0.4, 0.5) is 8.78 Å². The zero-order valence-electron chi connectivity index (χ0n) is 15.2. The van der Waals surface area contributed by atoms with E-state index in [-0.39, 0.29) is 0 Å². The number of benzene rings is 2. The highest BCUT2D eigenvalue weighted by Crippen LogP contribution is 2.14. The van der Waals surface area contributed by atoms with Crippen molar-refractivity contribution in [3.05, 3.63) is 71.3 Å². The molecule has 0 aromatic heterocycles. The van der Waals surface area contributed by atoms with Crippen molar-refractivity contribution in [1.29, 1.82) is 0 Å². The van der Waals surface area contributed by atoms with Crippen LogP contribution < -0.4 is 0 Å². The number of nitrogens with zero attached hydrogens (tertiary/aromatic N) is 2. The van der Waals surface area contributed by atoms with Gasteiger partial charge in [-0.15, -0.1) is 0 Å². The zero-order valence-corrected chi connectivity index (χ0v) is 15.2. The molecule has 2 N–H and O–H groups in total. The molecule has 0 saturated carbocycles. The Hall–Kier alpha value is -2.84. The molecule has 2 aromatic carbocycles. The van der Waals surface area contributed by atoms with Gasteiger partial charge in [0.2, 0.25) is 0 Å². The van der Waals surface area contributed by atoms with E-state index >= 15 is 0 Å². The van der Waals surface area contributed by atoms with Crippen molar-refractivity contribution in [1.82, 2.24) is 9.80 Å². The fraction of sp³-hybridized carbons (Fsp3) is 0.300. The van der Waals surface area contributed by atoms with Gasteiger partial charge in [0.25, 0.3) is 0 Å². The minimum Gasteiger partial charge on any atom is -0.473 e. The number of halogens is 2. The summed E-state index contributed by atoms with van der Waals surface area (Å²) in [5.41, 5.74) is 2.16. The van der Waals surface area contributed by atoms with E-state index in [9.17, 15) is 8.78 Å². The van der Waals surface area contributed by atoms with Gasteiger partial charge in [-0.05, 0) is 23.3 Å². The summed E-state index contributed by atoms with van der Waals surface area (Å²) in [5, 5.41) is 14.8. The second-order valence-electron chi connectivity index (χ2n) is 6.40. The molecule has 1 heterocycles. The van der Waals surface area contributed by atoms with Crippen LogP contribution in [0.1, 0.15) is 11.1 Å². The molecule has 0 atom stereocenters. The van der Waals surface area contributed by atoms with E-state index in [1.807, 2.05) is 6.07 Å². The molecule has 6 nitrogen and oxygen atoms in total. The number of carboxylic acids is 2. The number of hydrogen-bond donors (Lipinski definition) is 2. The highest BCUT2D eigenvalue weighted by Gasteiger charge is 2.17. The first kappa shape index (κ1) is 21.5. The van der Waals surface area contributed by atoms with Gasteiger partial charge in [-0.2, -0.15) is 0 Å². The summed E-state index contributed by atoms with van der Waals surface area (Å²) in [4.78, 5) is 22.9. The minimum atomic E-state index is -1.82. The Labute approximate surface area is 161 Å². The van der Waals surface area contributed by atoms with Crippen LogP contribution in [-0.2, 0) is 22.7 Å². The number of piperazine rings is 1. The summed E-state index contributed by atoms with van der Waals surface area (Å²) in [6.07, 6.45) is 0. The Bertz CT molecular complexity index is 782. The highest BCUT2D eigenvalue weighted by atomic mass is 19.2. The van der Waals surface area contributed by atoms with Gasteiger partial charge in [0.1, 0.15) is 0 Å². The first-order chi connectivity index (χ1) is 13.3. The lowest BCUT2D eigenvalue weighted by atomic mass is 10.1. The van der Waals surface area contributed by atoms with Gasteiger partial charge in [0, 0.05) is 39.3 Å². The predicted octanol–water partition coefficient (Wildman–Crippen LogP) is 2.44. The first-order valence-electron chi connectivity index (χ1n) is 8.74. The van der Waals surface area contributed by atoms with Gasteiger partial charge in [-0.1, -0.05) is 36.4 Å². The Kier molecular flexibility index (Phi) is 8.03. The summed E-state index contributed by atoms with van der Waals surface area (Å²) < 4.78 is 26.2. The number of hydrogen-bond acceptors (Lipinski definition) is 4. The highest BCUT2D eigenvalue weighted by molar-refractivity contribution is 6.27. The molecule has 0 unspecified atom stereocenters. The quantitative estimate of drug-likeness (QED) is 0.778. The van der Waals surface area contributed by atoms with Crippen LogP contribution in [0, 0.1) is 11.6 Å². The van der Waals surface area contributed by atoms with Gasteiger partial charge in [-0.3, -0.25) is 9.80 Å². The van der Waals surface area contributed by atoms with Crippen LogP contribution in [0.2, 0.25) is 0 Å². The Morgan fingerprint density at radius 2 is 1.25 bits per heavy atom. The molecule has 28 heavy (non-hydrogen) atoms. The van der Waals surface area contributed by atoms with E-state index < -0.39 is 23.6 Å². The summed E-state index contributed by atoms with van der Waals surface area (Å²) in [6.45, 7) is 5.55. The maximum absolute atomic E-state index is 13.2. The van der Waals surface area contributed by atoms with Crippen molar-refractivity contribution >= 4 is 11.9 Å². The van der Waals surface area contributed by atoms with Crippen molar-refractivity contribution < 1.29 is 28.6 Å². The minimum absolute atomic E-state index is 0.677. The second kappa shape index (κ2) is 10.5. The van der Waals surface area contributed by atoms with E-state index in [2.05, 4.69) is 34.1 Å². The maximum Gasteiger partial charge on any atom is 0.414 e. The number of aliphatic carboxylic acids is 2. The van der Waals surface area contributed by atoms with Crippen LogP contribution in [0.5, 0.6) is 0 Å². The molecular formula is C20H22F2N2O4. The van der Waals surface area contributed by atoms with E-state index in [4.69, 9.17) is 19.8 Å². The van der Waals surface area contributed by atoms with Crippen LogP contribution in [0.3, 0.4) is 0 Å². The summed E-state index contributed by atoms with van der Waals surface area (Å²) in [5.74, 6) is -5.19. The van der Waals surface area contributed by atoms with Gasteiger partial charge in [-0.25, -0.2) is 18.4 Å². The average Bonchev–Trinajstić information content (AvgIpc) is 2.67. The van der Waals surface area contributed by atoms with Gasteiger partial charge in [0.15, 0.2) is 11.6 Å². The van der Waals surface area contributed by atoms with Crippen molar-refractivity contribution in [2.75, 3.05) is 26.2 Å². The largest absolute Gasteiger partial charge is 0.473 e. The molecule has 8 heteroatoms. The van der Waals surface area contributed by atoms with Crippen LogP contribution in [0.15, 0.2) is 48.5 Å². The molecule has 3 rings (SSSR count). The molecule has 150 valence electrons. The second-order valence-corrected chi connectivity index (χ2v) is 6.40. The van der Waals surface area contributed by atoms with E-state index in [0.29, 0.717) is 6.54 Å². The van der Waals surface area contributed by atoms with Crippen molar-refractivity contribution in [2.45, 2.75) is 13.1 Å². The third-order valence-electron chi connectivity index (χ3n) is 4.29. The van der Waals surface area contributed by atoms with Gasteiger partial charge >= 0.3 is 11.9 Å². The van der Waals surface area contributed by atoms with Crippen LogP contribution >= 0.6 is 0 Å². The van der Waals surface area contributed by atoms with Crippen LogP contribution in [0.25, 0.3) is 0 Å². The fourth-order valence-electron chi connectivity index (χ4n) is 2.84. The van der Waals surface area contributed by atoms with Crippen molar-refractivity contribution in [2.24, 2.45) is 0 Å². The topological polar surface area (TPSA) is 81.1 Å². The molecule has 1 aliphatic heterocycles. The zero-order chi connectivity index (χ0) is 20.5. The van der Waals surface area contributed by atoms with Crippen molar-refractivity contribution in [3.8, 4) is 0 Å². The third kappa shape index (κ3) is 7.05. The number of rotatable bonds is 4. The number of carboxylic acid groups (broad SMARTS) is 2. The molecule has 0 aliphatic carbocycles. The molecule has 0 spiro atoms. The SMILES string of the molecule is Fc1ccc(CN2CCN(Cc3ccccc3)CC2)cc1F.O=C(O)C(=O)O. The Balaban J connectivity index is 0.000000409. The monoisotopic (exact) mass is 392 g/mol. The Morgan fingerprint density at radius 3 is 1.71 bits per heavy atom. The first-order valence-corrected chi connectivity index (χ1v) is 8.74.